The van der Waals surface area contributed by atoms with Crippen molar-refractivity contribution in [2.45, 2.75) is 62.7 Å². The Labute approximate surface area is 192 Å². The van der Waals surface area contributed by atoms with Gasteiger partial charge in [0.15, 0.2) is 0 Å². The number of halogens is 2. The average molecular weight is 484 g/mol. The number of fused-ring (bicyclic) bond motifs is 1. The summed E-state index contributed by atoms with van der Waals surface area (Å²) in [6.07, 6.45) is 6.64. The predicted octanol–water partition coefficient (Wildman–Crippen LogP) is 4.98. The van der Waals surface area contributed by atoms with E-state index in [1.54, 1.807) is 0 Å². The van der Waals surface area contributed by atoms with Crippen LogP contribution in [0.4, 0.5) is 0 Å². The van der Waals surface area contributed by atoms with Gasteiger partial charge in [0.25, 0.3) is 0 Å². The molecular formula is C18H44Cl2MnN7-5. The number of hydrogen-bond acceptors (Lipinski definition) is 2. The molecule has 1 aliphatic heterocycles. The van der Waals surface area contributed by atoms with Crippen LogP contribution in [0.3, 0.4) is 0 Å². The summed E-state index contributed by atoms with van der Waals surface area (Å²) in [5, 5.41) is 24.1. The largest absolute Gasteiger partial charge is 0 e. The Bertz CT molecular complexity index is 375. The van der Waals surface area contributed by atoms with E-state index in [9.17, 15) is 0 Å². The minimum Gasteiger partial charge on any atom is 0 e. The third-order valence-electron chi connectivity index (χ3n) is 5.09. The van der Waals surface area contributed by atoms with Crippen LogP contribution in [0.1, 0.15) is 44.2 Å². The molecule has 0 amide bonds. The number of nitrogens with two attached hydrogens (primary N) is 2. The quantitative estimate of drug-likeness (QED) is 0.547. The average Bonchev–Trinajstić information content (AvgIpc) is 2.70. The van der Waals surface area contributed by atoms with Gasteiger partial charge in [-0.2, -0.15) is 63.4 Å². The van der Waals surface area contributed by atoms with Crippen LogP contribution in [0.5, 0.6) is 0 Å². The first kappa shape index (κ1) is 26.9. The van der Waals surface area contributed by atoms with Crippen LogP contribution in [0.2, 0.25) is 0 Å². The standard InChI is InChI=1S/C18H36N7.2ClH.Mn.4H2/c19-7-5-15-13-24-16(6-8-20)14-25-18-4-2-1-3-17(18)23-12-10-21-9-11-22-15;;;;;;;/h15-18H,1-14,19-20H2;2*1H;;4*1H/q-5;;;+2;;;;/p-2/t15-,16+,17-,18-;;;;;;;/m1......./s1. The number of rotatable bonds is 4. The molecule has 0 aromatic rings. The van der Waals surface area contributed by atoms with Crippen LogP contribution in [-0.4, -0.2) is 76.5 Å². The molecule has 0 spiro atoms. The maximum atomic E-state index is 5.79. The van der Waals surface area contributed by atoms with Gasteiger partial charge in [0.2, 0.25) is 0 Å². The summed E-state index contributed by atoms with van der Waals surface area (Å²) in [4.78, 5) is 0. The zero-order valence-electron chi connectivity index (χ0n) is 16.7. The Morgan fingerprint density at radius 3 is 1.86 bits per heavy atom. The summed E-state index contributed by atoms with van der Waals surface area (Å²) in [6, 6.07) is 1.15. The summed E-state index contributed by atoms with van der Waals surface area (Å²) in [7, 11) is 9.59. The Morgan fingerprint density at radius 1 is 0.750 bits per heavy atom. The van der Waals surface area contributed by atoms with Gasteiger partial charge in [-0.25, -0.2) is 0 Å². The van der Waals surface area contributed by atoms with Crippen LogP contribution in [0.15, 0.2) is 0 Å². The second kappa shape index (κ2) is 18.6. The molecule has 1 saturated heterocycles. The Balaban J connectivity index is -0.000000530. The molecule has 0 aromatic carbocycles. The molecule has 4 N–H and O–H groups in total. The molecule has 1 heterocycles. The molecule has 1 aliphatic carbocycles. The Hall–Kier alpha value is 0.819. The molecule has 4 atom stereocenters. The Morgan fingerprint density at radius 2 is 1.25 bits per heavy atom. The maximum Gasteiger partial charge on any atom is 0 e. The van der Waals surface area contributed by atoms with Crippen molar-refractivity contribution in [3.8, 4) is 0 Å². The van der Waals surface area contributed by atoms with Gasteiger partial charge < -0.3 is 38.1 Å². The minimum atomic E-state index is 0. The fraction of sp³-hybridized carbons (Fsp3) is 1.00. The van der Waals surface area contributed by atoms with Gasteiger partial charge in [-0.05, 0) is 13.1 Å². The summed E-state index contributed by atoms with van der Waals surface area (Å²) >= 11 is 0.00694. The van der Waals surface area contributed by atoms with Crippen LogP contribution < -0.4 is 11.5 Å². The van der Waals surface area contributed by atoms with Crippen molar-refractivity contribution in [3.63, 3.8) is 0 Å². The molecule has 0 unspecified atom stereocenters. The summed E-state index contributed by atoms with van der Waals surface area (Å²) in [5.74, 6) is 0. The Kier molecular flexibility index (Phi) is 17.8. The van der Waals surface area contributed by atoms with E-state index in [1.165, 1.54) is 19.3 Å². The first-order chi connectivity index (χ1) is 13.7. The van der Waals surface area contributed by atoms with Crippen molar-refractivity contribution >= 4 is 20.2 Å². The summed E-state index contributed by atoms with van der Waals surface area (Å²) < 4.78 is 0. The van der Waals surface area contributed by atoms with Gasteiger partial charge in [-0.15, -0.1) is 0 Å². The van der Waals surface area contributed by atoms with Crippen LogP contribution in [0, 0.1) is 0 Å². The van der Waals surface area contributed by atoms with E-state index in [2.05, 4.69) is 5.32 Å². The van der Waals surface area contributed by atoms with Gasteiger partial charge in [-0.1, -0.05) is 38.5 Å². The van der Waals surface area contributed by atoms with Gasteiger partial charge in [0, 0.05) is 5.71 Å². The van der Waals surface area contributed by atoms with E-state index in [1.807, 2.05) is 0 Å². The molecule has 1 saturated carbocycles. The summed E-state index contributed by atoms with van der Waals surface area (Å²) in [6.45, 7) is 5.97. The SMILES string of the molecule is NCC[C@@H]1C[N-][C@@H](CCN)C[N-][C@@H]2CCCC[C@H]2[N-]CC[N-]CC[N-]1.[Cl][Mn][Cl].[HH].[HH].[HH].[HH]. The normalized spacial score (nSPS) is 30.9. The van der Waals surface area contributed by atoms with Crippen LogP contribution >= 0.6 is 20.2 Å². The van der Waals surface area contributed by atoms with Gasteiger partial charge in [-0.3, -0.25) is 0 Å². The van der Waals surface area contributed by atoms with E-state index in [-0.39, 0.29) is 30.9 Å². The van der Waals surface area contributed by atoms with Crippen molar-refractivity contribution in [3.05, 3.63) is 26.6 Å². The van der Waals surface area contributed by atoms with Crippen LogP contribution in [0.25, 0.3) is 26.6 Å². The maximum absolute atomic E-state index is 5.79. The molecule has 2 rings (SSSR count). The molecule has 0 bridgehead atoms. The van der Waals surface area contributed by atoms with Gasteiger partial charge in [0.1, 0.15) is 0 Å². The first-order valence-corrected chi connectivity index (χ1v) is 13.6. The second-order valence-electron chi connectivity index (χ2n) is 7.15. The zero-order valence-corrected chi connectivity index (χ0v) is 19.4. The van der Waals surface area contributed by atoms with E-state index in [0.29, 0.717) is 25.2 Å². The minimum absolute atomic E-state index is 0. The zero-order chi connectivity index (χ0) is 20.5. The third kappa shape index (κ3) is 12.5. The third-order valence-corrected chi connectivity index (χ3v) is 5.09. The second-order valence-corrected chi connectivity index (χ2v) is 9.10. The molecule has 0 aromatic heterocycles. The van der Waals surface area contributed by atoms with Gasteiger partial charge >= 0.3 is 33.3 Å². The molecule has 7 nitrogen and oxygen atoms in total. The van der Waals surface area contributed by atoms with Crippen molar-refractivity contribution in [1.82, 2.24) is 0 Å². The molecule has 0 radical (unpaired) electrons. The monoisotopic (exact) mass is 483 g/mol. The van der Waals surface area contributed by atoms with E-state index in [4.69, 9.17) is 52.9 Å². The topological polar surface area (TPSA) is 123 Å². The van der Waals surface area contributed by atoms with Crippen molar-refractivity contribution < 1.29 is 18.8 Å². The molecule has 177 valence electrons. The van der Waals surface area contributed by atoms with Gasteiger partial charge in [0.05, 0.1) is 0 Å². The molecule has 10 heteroatoms. The first-order valence-electron chi connectivity index (χ1n) is 10.3. The van der Waals surface area contributed by atoms with E-state index in [0.717, 1.165) is 58.5 Å². The number of nitrogens with zero attached hydrogens (tertiary/aromatic N) is 5. The summed E-state index contributed by atoms with van der Waals surface area (Å²) in [5.41, 5.74) is 11.5. The predicted molar refractivity (Wildman–Crippen MR) is 127 cm³/mol. The van der Waals surface area contributed by atoms with Crippen molar-refractivity contribution in [1.29, 1.82) is 0 Å². The van der Waals surface area contributed by atoms with Crippen LogP contribution in [-0.2, 0) is 13.1 Å². The molecular weight excluding hydrogens is 440 g/mol. The molecule has 2 fully saturated rings. The molecule has 2 aliphatic rings. The van der Waals surface area contributed by atoms with E-state index < -0.39 is 0 Å². The fourth-order valence-electron chi connectivity index (χ4n) is 3.63. The molecule has 28 heavy (non-hydrogen) atoms. The van der Waals surface area contributed by atoms with E-state index >= 15 is 0 Å². The number of hydrogen-bond donors (Lipinski definition) is 2. The smallest absolute Gasteiger partial charge is 0 e. The van der Waals surface area contributed by atoms with Crippen molar-refractivity contribution in [2.75, 3.05) is 52.4 Å². The van der Waals surface area contributed by atoms with Crippen molar-refractivity contribution in [2.24, 2.45) is 11.5 Å². The fourth-order valence-corrected chi connectivity index (χ4v) is 3.63.